The highest BCUT2D eigenvalue weighted by Gasteiger charge is 2.34. The molecule has 8 heteroatoms. The minimum absolute atomic E-state index is 0.00651. The van der Waals surface area contributed by atoms with Crippen LogP contribution in [0.5, 0.6) is 0 Å². The minimum Gasteiger partial charge on any atom is -0.355 e. The first-order valence-corrected chi connectivity index (χ1v) is 11.4. The van der Waals surface area contributed by atoms with Crippen LogP contribution in [0.2, 0.25) is 0 Å². The minimum atomic E-state index is -0.317. The Morgan fingerprint density at radius 3 is 2.41 bits per heavy atom. The summed E-state index contributed by atoms with van der Waals surface area (Å²) in [7, 11) is 0. The fraction of sp³-hybridized carbons (Fsp3) is 0.619. The number of nitrogens with one attached hydrogen (secondary N) is 1. The molecule has 156 valence electrons. The fourth-order valence-corrected chi connectivity index (χ4v) is 5.22. The maximum atomic E-state index is 13.1. The number of aryl methyl sites for hydroxylation is 1. The van der Waals surface area contributed by atoms with E-state index in [2.05, 4.69) is 24.6 Å². The normalized spacial score (nSPS) is 18.1. The van der Waals surface area contributed by atoms with Gasteiger partial charge < -0.3 is 9.88 Å². The third-order valence-electron chi connectivity index (χ3n) is 5.88. The lowest BCUT2D eigenvalue weighted by molar-refractivity contribution is 0.0988. The van der Waals surface area contributed by atoms with Crippen LogP contribution in [0.4, 0.5) is 5.95 Å². The highest BCUT2D eigenvalue weighted by atomic mass is 32.2. The van der Waals surface area contributed by atoms with E-state index in [9.17, 15) is 9.59 Å². The molecule has 29 heavy (non-hydrogen) atoms. The highest BCUT2D eigenvalue weighted by Crippen LogP contribution is 2.42. The molecule has 2 aliphatic rings. The number of carbonyl (C=O) groups is 2. The second-order valence-electron chi connectivity index (χ2n) is 8.24. The van der Waals surface area contributed by atoms with Crippen molar-refractivity contribution in [2.24, 2.45) is 0 Å². The van der Waals surface area contributed by atoms with Gasteiger partial charge >= 0.3 is 0 Å². The molecule has 4 rings (SSSR count). The molecule has 0 radical (unpaired) electrons. The Labute approximate surface area is 175 Å². The molecule has 1 saturated heterocycles. The zero-order valence-electron chi connectivity index (χ0n) is 17.6. The quantitative estimate of drug-likeness (QED) is 0.541. The van der Waals surface area contributed by atoms with E-state index in [0.717, 1.165) is 48.3 Å². The Bertz CT molecular complexity index is 937. The summed E-state index contributed by atoms with van der Waals surface area (Å²) in [6.07, 6.45) is 5.95. The van der Waals surface area contributed by atoms with Crippen molar-refractivity contribution < 1.29 is 9.59 Å². The van der Waals surface area contributed by atoms with E-state index in [1.54, 1.807) is 0 Å². The largest absolute Gasteiger partial charge is 0.355 e. The van der Waals surface area contributed by atoms with E-state index in [4.69, 9.17) is 0 Å². The molecule has 2 fully saturated rings. The van der Waals surface area contributed by atoms with Crippen molar-refractivity contribution in [1.82, 2.24) is 19.7 Å². The fourth-order valence-electron chi connectivity index (χ4n) is 4.25. The van der Waals surface area contributed by atoms with Crippen molar-refractivity contribution in [2.75, 3.05) is 18.0 Å². The maximum Gasteiger partial charge on any atom is 0.228 e. The average molecular weight is 416 g/mol. The predicted octanol–water partition coefficient (Wildman–Crippen LogP) is 4.11. The molecule has 3 heterocycles. The molecule has 7 nitrogen and oxygen atoms in total. The number of piperidine rings is 1. The first-order valence-electron chi connectivity index (χ1n) is 10.5. The third kappa shape index (κ3) is 3.86. The van der Waals surface area contributed by atoms with E-state index < -0.39 is 0 Å². The van der Waals surface area contributed by atoms with Gasteiger partial charge in [0.2, 0.25) is 5.95 Å². The number of anilines is 1. The number of Topliss-reactive ketones (excluding diaryl/α,β-unsaturated/α-hetero) is 2. The van der Waals surface area contributed by atoms with Crippen molar-refractivity contribution in [3.8, 4) is 0 Å². The van der Waals surface area contributed by atoms with Crippen LogP contribution in [0.25, 0.3) is 0 Å². The molecule has 1 atom stereocenters. The Kier molecular flexibility index (Phi) is 5.55. The zero-order chi connectivity index (χ0) is 20.7. The van der Waals surface area contributed by atoms with Gasteiger partial charge in [-0.2, -0.15) is 0 Å². The Hall–Kier alpha value is -2.09. The van der Waals surface area contributed by atoms with Crippen LogP contribution in [0, 0.1) is 13.8 Å². The van der Waals surface area contributed by atoms with Gasteiger partial charge in [0, 0.05) is 30.4 Å². The Morgan fingerprint density at radius 1 is 1.14 bits per heavy atom. The topological polar surface area (TPSA) is 83.9 Å². The van der Waals surface area contributed by atoms with Gasteiger partial charge in [-0.3, -0.25) is 14.2 Å². The van der Waals surface area contributed by atoms with E-state index in [1.807, 2.05) is 20.8 Å². The summed E-state index contributed by atoms with van der Waals surface area (Å²) in [6, 6.07) is 0.450. The zero-order valence-corrected chi connectivity index (χ0v) is 18.4. The number of aromatic amines is 1. The van der Waals surface area contributed by atoms with Crippen molar-refractivity contribution in [3.05, 3.63) is 22.5 Å². The van der Waals surface area contributed by atoms with Gasteiger partial charge in [0.25, 0.3) is 0 Å². The standard InChI is InChI=1S/C21H29N5O2S/c1-12-17(14(3)27)13(2)22-18(12)19(28)15(4)29-21-24-23-20(26(21)16-8-9-16)25-10-6-5-7-11-25/h15-16,22H,5-11H2,1-4H3/t15-/m0/s1. The Balaban J connectivity index is 1.56. The van der Waals surface area contributed by atoms with Crippen LogP contribution in [-0.2, 0) is 0 Å². The van der Waals surface area contributed by atoms with Crippen molar-refractivity contribution >= 4 is 29.3 Å². The van der Waals surface area contributed by atoms with Crippen molar-refractivity contribution in [1.29, 1.82) is 0 Å². The van der Waals surface area contributed by atoms with Gasteiger partial charge in [-0.15, -0.1) is 10.2 Å². The second kappa shape index (κ2) is 7.97. The first kappa shape index (κ1) is 20.2. The van der Waals surface area contributed by atoms with Crippen LogP contribution >= 0.6 is 11.8 Å². The summed E-state index contributed by atoms with van der Waals surface area (Å²) in [5.74, 6) is 0.934. The Morgan fingerprint density at radius 2 is 1.83 bits per heavy atom. The SMILES string of the molecule is CC(=O)c1c(C)[nH]c(C(=O)[C@H](C)Sc2nnc(N3CCCCC3)n2C2CC2)c1C. The van der Waals surface area contributed by atoms with Gasteiger partial charge in [-0.05, 0) is 65.4 Å². The van der Waals surface area contributed by atoms with Gasteiger partial charge in [0.05, 0.1) is 10.9 Å². The number of nitrogens with zero attached hydrogens (tertiary/aromatic N) is 4. The lowest BCUT2D eigenvalue weighted by Gasteiger charge is -2.28. The number of hydrogen-bond donors (Lipinski definition) is 1. The van der Waals surface area contributed by atoms with Crippen LogP contribution in [0.1, 0.15) is 84.1 Å². The van der Waals surface area contributed by atoms with Crippen LogP contribution < -0.4 is 4.90 Å². The predicted molar refractivity (Wildman–Crippen MR) is 114 cm³/mol. The highest BCUT2D eigenvalue weighted by molar-refractivity contribution is 8.00. The van der Waals surface area contributed by atoms with Gasteiger partial charge in [0.15, 0.2) is 16.7 Å². The van der Waals surface area contributed by atoms with Crippen LogP contribution in [0.3, 0.4) is 0 Å². The number of rotatable bonds is 7. The van der Waals surface area contributed by atoms with Crippen molar-refractivity contribution in [2.45, 2.75) is 76.2 Å². The molecule has 0 amide bonds. The van der Waals surface area contributed by atoms with Gasteiger partial charge in [-0.25, -0.2) is 0 Å². The number of aromatic nitrogens is 4. The van der Waals surface area contributed by atoms with E-state index >= 15 is 0 Å². The molecule has 1 N–H and O–H groups in total. The van der Waals surface area contributed by atoms with Gasteiger partial charge in [-0.1, -0.05) is 11.8 Å². The molecule has 0 unspecified atom stereocenters. The summed E-state index contributed by atoms with van der Waals surface area (Å²) in [5, 5.41) is 9.46. The summed E-state index contributed by atoms with van der Waals surface area (Å²) in [5.41, 5.74) is 2.65. The molecule has 1 aliphatic carbocycles. The molecular formula is C21H29N5O2S. The molecule has 1 saturated carbocycles. The molecule has 0 bridgehead atoms. The molecular weight excluding hydrogens is 386 g/mol. The molecule has 1 aliphatic heterocycles. The monoisotopic (exact) mass is 415 g/mol. The smallest absolute Gasteiger partial charge is 0.228 e. The summed E-state index contributed by atoms with van der Waals surface area (Å²) < 4.78 is 2.24. The number of hydrogen-bond acceptors (Lipinski definition) is 6. The van der Waals surface area contributed by atoms with Crippen LogP contribution in [0.15, 0.2) is 5.16 Å². The van der Waals surface area contributed by atoms with Crippen LogP contribution in [-0.4, -0.2) is 49.7 Å². The molecule has 0 aromatic carbocycles. The number of carbonyl (C=O) groups excluding carboxylic acids is 2. The summed E-state index contributed by atoms with van der Waals surface area (Å²) in [4.78, 5) is 30.5. The van der Waals surface area contributed by atoms with E-state index in [1.165, 1.54) is 37.9 Å². The number of ketones is 2. The van der Waals surface area contributed by atoms with E-state index in [-0.39, 0.29) is 16.8 Å². The number of H-pyrrole nitrogens is 1. The lowest BCUT2D eigenvalue weighted by Crippen LogP contribution is -2.32. The second-order valence-corrected chi connectivity index (χ2v) is 9.54. The maximum absolute atomic E-state index is 13.1. The first-order chi connectivity index (χ1) is 13.9. The lowest BCUT2D eigenvalue weighted by atomic mass is 10.0. The number of thioether (sulfide) groups is 1. The average Bonchev–Trinajstić information content (AvgIpc) is 3.38. The summed E-state index contributed by atoms with van der Waals surface area (Å²) >= 11 is 1.47. The van der Waals surface area contributed by atoms with E-state index in [0.29, 0.717) is 17.3 Å². The molecule has 2 aromatic heterocycles. The molecule has 2 aromatic rings. The third-order valence-corrected chi connectivity index (χ3v) is 6.94. The van der Waals surface area contributed by atoms with Crippen molar-refractivity contribution in [3.63, 3.8) is 0 Å². The summed E-state index contributed by atoms with van der Waals surface area (Å²) in [6.45, 7) is 9.18. The van der Waals surface area contributed by atoms with Gasteiger partial charge in [0.1, 0.15) is 0 Å². The molecule has 0 spiro atoms.